The summed E-state index contributed by atoms with van der Waals surface area (Å²) in [5.74, 6) is -0.253. The van der Waals surface area contributed by atoms with Gasteiger partial charge in [-0.15, -0.1) is 0 Å². The molecule has 5 nitrogen and oxygen atoms in total. The van der Waals surface area contributed by atoms with Crippen molar-refractivity contribution in [3.8, 4) is 0 Å². The Morgan fingerprint density at radius 3 is 2.52 bits per heavy atom. The molecular weight excluding hydrogens is 268 g/mol. The summed E-state index contributed by atoms with van der Waals surface area (Å²) in [6.45, 7) is 6.06. The van der Waals surface area contributed by atoms with Crippen LogP contribution < -0.4 is 5.73 Å². The Morgan fingerprint density at radius 2 is 2.00 bits per heavy atom. The third-order valence-electron chi connectivity index (χ3n) is 3.23. The third kappa shape index (κ3) is 6.25. The average Bonchev–Trinajstić information content (AvgIpc) is 2.47. The van der Waals surface area contributed by atoms with E-state index in [9.17, 15) is 9.90 Å². The molecule has 21 heavy (non-hydrogen) atoms. The summed E-state index contributed by atoms with van der Waals surface area (Å²) in [7, 11) is 0. The molecule has 1 rings (SSSR count). The summed E-state index contributed by atoms with van der Waals surface area (Å²) in [5.41, 5.74) is 7.42. The van der Waals surface area contributed by atoms with E-state index in [1.54, 1.807) is 6.92 Å². The fourth-order valence-corrected chi connectivity index (χ4v) is 2.17. The van der Waals surface area contributed by atoms with Gasteiger partial charge in [0.15, 0.2) is 0 Å². The maximum Gasteiger partial charge on any atom is 0.320 e. The summed E-state index contributed by atoms with van der Waals surface area (Å²) < 4.78 is 4.96. The molecule has 0 radical (unpaired) electrons. The smallest absolute Gasteiger partial charge is 0.320 e. The van der Waals surface area contributed by atoms with E-state index in [2.05, 4.69) is 0 Å². The van der Waals surface area contributed by atoms with Crippen molar-refractivity contribution < 1.29 is 14.6 Å². The van der Waals surface area contributed by atoms with Gasteiger partial charge in [0.2, 0.25) is 0 Å². The molecule has 0 aromatic heterocycles. The van der Waals surface area contributed by atoms with Crippen molar-refractivity contribution in [2.75, 3.05) is 26.2 Å². The highest BCUT2D eigenvalue weighted by atomic mass is 16.5. The molecule has 0 saturated carbocycles. The monoisotopic (exact) mass is 294 g/mol. The molecule has 0 bridgehead atoms. The second kappa shape index (κ2) is 9.50. The SMILES string of the molecule is CCCN(CC(=O)OCC)CC(O)c1ccc(CN)cc1. The number of carbonyl (C=O) groups is 1. The van der Waals surface area contributed by atoms with Gasteiger partial charge in [0.25, 0.3) is 0 Å². The first-order chi connectivity index (χ1) is 10.1. The zero-order chi connectivity index (χ0) is 15.7. The van der Waals surface area contributed by atoms with Crippen molar-refractivity contribution in [2.45, 2.75) is 32.9 Å². The number of rotatable bonds is 9. The van der Waals surface area contributed by atoms with Crippen LogP contribution in [0.3, 0.4) is 0 Å². The Hall–Kier alpha value is -1.43. The van der Waals surface area contributed by atoms with E-state index in [1.807, 2.05) is 36.1 Å². The molecule has 0 aliphatic carbocycles. The van der Waals surface area contributed by atoms with Crippen LogP contribution in [0.2, 0.25) is 0 Å². The van der Waals surface area contributed by atoms with Gasteiger partial charge in [-0.3, -0.25) is 9.69 Å². The van der Waals surface area contributed by atoms with Crippen LogP contribution in [0.25, 0.3) is 0 Å². The van der Waals surface area contributed by atoms with Crippen molar-refractivity contribution in [1.29, 1.82) is 0 Å². The van der Waals surface area contributed by atoms with Crippen LogP contribution in [0, 0.1) is 0 Å². The molecule has 0 spiro atoms. The minimum Gasteiger partial charge on any atom is -0.465 e. The van der Waals surface area contributed by atoms with Gasteiger partial charge in [-0.05, 0) is 31.0 Å². The molecular formula is C16H26N2O3. The first-order valence-corrected chi connectivity index (χ1v) is 7.45. The zero-order valence-corrected chi connectivity index (χ0v) is 12.9. The van der Waals surface area contributed by atoms with Gasteiger partial charge >= 0.3 is 5.97 Å². The highest BCUT2D eigenvalue weighted by Gasteiger charge is 2.16. The summed E-state index contributed by atoms with van der Waals surface area (Å²) in [6, 6.07) is 7.57. The van der Waals surface area contributed by atoms with Gasteiger partial charge in [0, 0.05) is 13.1 Å². The number of carbonyl (C=O) groups excluding carboxylic acids is 1. The largest absolute Gasteiger partial charge is 0.465 e. The van der Waals surface area contributed by atoms with Gasteiger partial charge in [0.05, 0.1) is 19.3 Å². The molecule has 0 saturated heterocycles. The van der Waals surface area contributed by atoms with Crippen molar-refractivity contribution >= 4 is 5.97 Å². The number of benzene rings is 1. The van der Waals surface area contributed by atoms with Gasteiger partial charge in [0.1, 0.15) is 0 Å². The lowest BCUT2D eigenvalue weighted by Crippen LogP contribution is -2.35. The number of nitrogens with zero attached hydrogens (tertiary/aromatic N) is 1. The predicted molar refractivity (Wildman–Crippen MR) is 82.7 cm³/mol. The van der Waals surface area contributed by atoms with Crippen LogP contribution in [0.5, 0.6) is 0 Å². The van der Waals surface area contributed by atoms with Crippen LogP contribution in [-0.4, -0.2) is 42.2 Å². The Kier molecular flexibility index (Phi) is 7.97. The van der Waals surface area contributed by atoms with Crippen LogP contribution in [0.4, 0.5) is 0 Å². The topological polar surface area (TPSA) is 75.8 Å². The van der Waals surface area contributed by atoms with E-state index in [-0.39, 0.29) is 12.5 Å². The number of aliphatic hydroxyl groups excluding tert-OH is 1. The number of hydrogen-bond donors (Lipinski definition) is 2. The van der Waals surface area contributed by atoms with Crippen LogP contribution in [-0.2, 0) is 16.1 Å². The number of aliphatic hydroxyl groups is 1. The molecule has 1 aromatic carbocycles. The first kappa shape index (κ1) is 17.6. The summed E-state index contributed by atoms with van der Waals surface area (Å²) in [4.78, 5) is 13.5. The molecule has 3 N–H and O–H groups in total. The molecule has 5 heteroatoms. The highest BCUT2D eigenvalue weighted by molar-refractivity contribution is 5.71. The third-order valence-corrected chi connectivity index (χ3v) is 3.23. The van der Waals surface area contributed by atoms with Crippen LogP contribution >= 0.6 is 0 Å². The summed E-state index contributed by atoms with van der Waals surface area (Å²) in [6.07, 6.45) is 0.288. The number of nitrogens with two attached hydrogens (primary N) is 1. The molecule has 0 aliphatic heterocycles. The van der Waals surface area contributed by atoms with Crippen molar-refractivity contribution in [2.24, 2.45) is 5.73 Å². The van der Waals surface area contributed by atoms with E-state index in [4.69, 9.17) is 10.5 Å². The lowest BCUT2D eigenvalue weighted by molar-refractivity contribution is -0.144. The molecule has 1 unspecified atom stereocenters. The fourth-order valence-electron chi connectivity index (χ4n) is 2.17. The number of ether oxygens (including phenoxy) is 1. The normalized spacial score (nSPS) is 12.4. The minimum absolute atomic E-state index is 0.208. The standard InChI is InChI=1S/C16H26N2O3/c1-3-9-18(12-16(20)21-4-2)11-15(19)14-7-5-13(10-17)6-8-14/h5-8,15,19H,3-4,9-12,17H2,1-2H3. The molecule has 0 fully saturated rings. The van der Waals surface area contributed by atoms with E-state index in [0.717, 1.165) is 24.1 Å². The quantitative estimate of drug-likeness (QED) is 0.674. The molecule has 118 valence electrons. The Bertz CT molecular complexity index is 420. The van der Waals surface area contributed by atoms with Gasteiger partial charge in [-0.25, -0.2) is 0 Å². The number of esters is 1. The van der Waals surface area contributed by atoms with Crippen molar-refractivity contribution in [1.82, 2.24) is 4.90 Å². The molecule has 0 heterocycles. The summed E-state index contributed by atoms with van der Waals surface area (Å²) in [5, 5.41) is 10.3. The van der Waals surface area contributed by atoms with E-state index >= 15 is 0 Å². The maximum atomic E-state index is 11.6. The minimum atomic E-state index is -0.627. The molecule has 0 aliphatic rings. The fraction of sp³-hybridized carbons (Fsp3) is 0.562. The molecule has 1 aromatic rings. The Morgan fingerprint density at radius 1 is 1.33 bits per heavy atom. The summed E-state index contributed by atoms with van der Waals surface area (Å²) >= 11 is 0. The van der Waals surface area contributed by atoms with Crippen LogP contribution in [0.15, 0.2) is 24.3 Å². The number of hydrogen-bond acceptors (Lipinski definition) is 5. The molecule has 1 atom stereocenters. The van der Waals surface area contributed by atoms with Crippen molar-refractivity contribution in [3.63, 3.8) is 0 Å². The highest BCUT2D eigenvalue weighted by Crippen LogP contribution is 2.15. The predicted octanol–water partition coefficient (Wildman–Crippen LogP) is 1.45. The van der Waals surface area contributed by atoms with Gasteiger partial charge in [-0.1, -0.05) is 31.2 Å². The van der Waals surface area contributed by atoms with Gasteiger partial charge < -0.3 is 15.6 Å². The molecule has 0 amide bonds. The van der Waals surface area contributed by atoms with E-state index in [1.165, 1.54) is 0 Å². The van der Waals surface area contributed by atoms with Crippen LogP contribution in [0.1, 0.15) is 37.5 Å². The van der Waals surface area contributed by atoms with Crippen molar-refractivity contribution in [3.05, 3.63) is 35.4 Å². The van der Waals surface area contributed by atoms with E-state index in [0.29, 0.717) is 19.7 Å². The maximum absolute atomic E-state index is 11.6. The Labute approximate surface area is 126 Å². The second-order valence-electron chi connectivity index (χ2n) is 5.00. The zero-order valence-electron chi connectivity index (χ0n) is 12.9. The van der Waals surface area contributed by atoms with E-state index < -0.39 is 6.10 Å². The second-order valence-corrected chi connectivity index (χ2v) is 5.00. The Balaban J connectivity index is 2.61. The van der Waals surface area contributed by atoms with Gasteiger partial charge in [-0.2, -0.15) is 0 Å². The first-order valence-electron chi connectivity index (χ1n) is 7.45. The lowest BCUT2D eigenvalue weighted by atomic mass is 10.1. The average molecular weight is 294 g/mol. The lowest BCUT2D eigenvalue weighted by Gasteiger charge is -2.24.